The minimum absolute atomic E-state index is 0.563. The van der Waals surface area contributed by atoms with E-state index in [4.69, 9.17) is 0 Å². The number of unbranched alkanes of at least 4 members (excludes halogenated alkanes) is 2. The van der Waals surface area contributed by atoms with Crippen molar-refractivity contribution < 1.29 is 0 Å². The Morgan fingerprint density at radius 1 is 1.00 bits per heavy atom. The number of hydrogen-bond donors (Lipinski definition) is 1. The zero-order valence-electron chi connectivity index (χ0n) is 9.58. The molecule has 0 saturated carbocycles. The van der Waals surface area contributed by atoms with E-state index in [9.17, 15) is 0 Å². The average molecular weight is 203 g/mol. The van der Waals surface area contributed by atoms with E-state index in [0.717, 1.165) is 12.5 Å². The van der Waals surface area contributed by atoms with Gasteiger partial charge in [-0.3, -0.25) is 4.31 Å². The first-order valence-electron chi connectivity index (χ1n) is 5.49. The van der Waals surface area contributed by atoms with Gasteiger partial charge in [-0.2, -0.15) is 0 Å². The molecule has 0 atom stereocenters. The van der Waals surface area contributed by atoms with E-state index in [-0.39, 0.29) is 0 Å². The van der Waals surface area contributed by atoms with Gasteiger partial charge in [-0.15, -0.1) is 0 Å². The Balaban J connectivity index is 3.16. The van der Waals surface area contributed by atoms with Crippen molar-refractivity contribution in [2.45, 2.75) is 59.4 Å². The lowest BCUT2D eigenvalue weighted by molar-refractivity contribution is 0.383. The van der Waals surface area contributed by atoms with Crippen LogP contribution in [0, 0.1) is 5.92 Å². The van der Waals surface area contributed by atoms with Crippen LogP contribution in [0.5, 0.6) is 0 Å². The highest BCUT2D eigenvalue weighted by atomic mass is 32.1. The lowest BCUT2D eigenvalue weighted by Gasteiger charge is -2.19. The molecule has 0 aliphatic carbocycles. The number of hydrogen-bond acceptors (Lipinski definition) is 2. The quantitative estimate of drug-likeness (QED) is 0.487. The Morgan fingerprint density at radius 3 is 2.08 bits per heavy atom. The number of thiol groups is 1. The summed E-state index contributed by atoms with van der Waals surface area (Å²) in [5.41, 5.74) is 0. The first-order chi connectivity index (χ1) is 6.04. The Labute approximate surface area is 89.4 Å². The highest BCUT2D eigenvalue weighted by molar-refractivity contribution is 7.77. The largest absolute Gasteiger partial charge is 0.251 e. The second kappa shape index (κ2) is 7.69. The molecule has 0 N–H and O–H groups in total. The molecule has 0 aromatic rings. The van der Waals surface area contributed by atoms with Crippen LogP contribution in [0.3, 0.4) is 0 Å². The van der Waals surface area contributed by atoms with Crippen LogP contribution in [0.15, 0.2) is 0 Å². The molecule has 0 rings (SSSR count). The van der Waals surface area contributed by atoms with Crippen molar-refractivity contribution in [1.82, 2.24) is 4.31 Å². The maximum absolute atomic E-state index is 4.40. The highest BCUT2D eigenvalue weighted by Crippen LogP contribution is 2.10. The fourth-order valence-corrected chi connectivity index (χ4v) is 1.40. The van der Waals surface area contributed by atoms with Gasteiger partial charge in [-0.05, 0) is 26.2 Å². The second-order valence-electron chi connectivity index (χ2n) is 4.50. The van der Waals surface area contributed by atoms with Crippen LogP contribution in [0.1, 0.15) is 53.4 Å². The summed E-state index contributed by atoms with van der Waals surface area (Å²) in [5.74, 6) is 0.859. The minimum atomic E-state index is 0.563. The standard InChI is InChI=1S/C11H25NS/c1-10(2)8-6-5-7-9-12(13)11(3)4/h10-11,13H,5-9H2,1-4H3. The Morgan fingerprint density at radius 2 is 1.62 bits per heavy atom. The van der Waals surface area contributed by atoms with E-state index in [1.54, 1.807) is 0 Å². The van der Waals surface area contributed by atoms with E-state index < -0.39 is 0 Å². The summed E-state index contributed by atoms with van der Waals surface area (Å²) in [4.78, 5) is 0. The van der Waals surface area contributed by atoms with Gasteiger partial charge in [-0.25, -0.2) is 0 Å². The highest BCUT2D eigenvalue weighted by Gasteiger charge is 2.02. The lowest BCUT2D eigenvalue weighted by Crippen LogP contribution is -2.21. The maximum atomic E-state index is 4.40. The zero-order valence-corrected chi connectivity index (χ0v) is 10.5. The fourth-order valence-electron chi connectivity index (χ4n) is 1.26. The molecule has 0 amide bonds. The summed E-state index contributed by atoms with van der Waals surface area (Å²) in [6.45, 7) is 10.1. The Kier molecular flexibility index (Phi) is 7.87. The van der Waals surface area contributed by atoms with Gasteiger partial charge in [0.25, 0.3) is 0 Å². The van der Waals surface area contributed by atoms with Crippen molar-refractivity contribution in [3.63, 3.8) is 0 Å². The minimum Gasteiger partial charge on any atom is -0.251 e. The van der Waals surface area contributed by atoms with Crippen molar-refractivity contribution in [3.05, 3.63) is 0 Å². The van der Waals surface area contributed by atoms with E-state index in [1.807, 2.05) is 0 Å². The normalized spacial score (nSPS) is 12.0. The van der Waals surface area contributed by atoms with Crippen molar-refractivity contribution in [2.75, 3.05) is 6.54 Å². The molecule has 0 heterocycles. The molecular weight excluding hydrogens is 178 g/mol. The van der Waals surface area contributed by atoms with Gasteiger partial charge in [0, 0.05) is 12.6 Å². The van der Waals surface area contributed by atoms with Crippen molar-refractivity contribution >= 4 is 12.8 Å². The molecular formula is C11H25NS. The first kappa shape index (κ1) is 13.3. The topological polar surface area (TPSA) is 3.24 Å². The lowest BCUT2D eigenvalue weighted by atomic mass is 10.1. The van der Waals surface area contributed by atoms with Crippen LogP contribution in [-0.4, -0.2) is 16.9 Å². The van der Waals surface area contributed by atoms with Gasteiger partial charge in [0.1, 0.15) is 0 Å². The zero-order chi connectivity index (χ0) is 10.3. The maximum Gasteiger partial charge on any atom is 0.0143 e. The summed E-state index contributed by atoms with van der Waals surface area (Å²) in [7, 11) is 0. The van der Waals surface area contributed by atoms with Crippen molar-refractivity contribution in [3.8, 4) is 0 Å². The van der Waals surface area contributed by atoms with Crippen molar-refractivity contribution in [2.24, 2.45) is 5.92 Å². The molecule has 0 radical (unpaired) electrons. The van der Waals surface area contributed by atoms with E-state index >= 15 is 0 Å². The Hall–Kier alpha value is 0.310. The third-order valence-electron chi connectivity index (χ3n) is 2.26. The van der Waals surface area contributed by atoms with Gasteiger partial charge in [0.15, 0.2) is 0 Å². The molecule has 0 spiro atoms. The van der Waals surface area contributed by atoms with Crippen LogP contribution in [0.25, 0.3) is 0 Å². The molecule has 0 aromatic carbocycles. The average Bonchev–Trinajstić information content (AvgIpc) is 2.02. The van der Waals surface area contributed by atoms with Crippen LogP contribution in [-0.2, 0) is 0 Å². The molecule has 80 valence electrons. The first-order valence-corrected chi connectivity index (χ1v) is 5.89. The predicted octanol–water partition coefficient (Wildman–Crippen LogP) is 3.76. The summed E-state index contributed by atoms with van der Waals surface area (Å²) in [6.07, 6.45) is 5.38. The van der Waals surface area contributed by atoms with Gasteiger partial charge in [-0.1, -0.05) is 45.9 Å². The molecule has 1 nitrogen and oxygen atoms in total. The van der Waals surface area contributed by atoms with Crippen LogP contribution >= 0.6 is 12.8 Å². The molecule has 13 heavy (non-hydrogen) atoms. The summed E-state index contributed by atoms with van der Waals surface area (Å²) >= 11 is 4.40. The fraction of sp³-hybridized carbons (Fsp3) is 1.00. The molecule has 0 aliphatic heterocycles. The summed E-state index contributed by atoms with van der Waals surface area (Å²) < 4.78 is 2.12. The molecule has 0 saturated heterocycles. The molecule has 0 bridgehead atoms. The van der Waals surface area contributed by atoms with E-state index in [0.29, 0.717) is 6.04 Å². The molecule has 0 aliphatic rings. The van der Waals surface area contributed by atoms with Crippen molar-refractivity contribution in [1.29, 1.82) is 0 Å². The van der Waals surface area contributed by atoms with E-state index in [1.165, 1.54) is 25.7 Å². The monoisotopic (exact) mass is 203 g/mol. The number of rotatable bonds is 7. The van der Waals surface area contributed by atoms with Crippen LogP contribution in [0.2, 0.25) is 0 Å². The van der Waals surface area contributed by atoms with Crippen LogP contribution in [0.4, 0.5) is 0 Å². The van der Waals surface area contributed by atoms with Gasteiger partial charge in [0.05, 0.1) is 0 Å². The predicted molar refractivity (Wildman–Crippen MR) is 64.1 cm³/mol. The van der Waals surface area contributed by atoms with Gasteiger partial charge in [0.2, 0.25) is 0 Å². The third-order valence-corrected chi connectivity index (χ3v) is 2.93. The summed E-state index contributed by atoms with van der Waals surface area (Å²) in [6, 6.07) is 0.563. The number of nitrogens with zero attached hydrogens (tertiary/aromatic N) is 1. The molecule has 0 aromatic heterocycles. The second-order valence-corrected chi connectivity index (χ2v) is 5.01. The van der Waals surface area contributed by atoms with E-state index in [2.05, 4.69) is 44.8 Å². The SMILES string of the molecule is CC(C)CCCCCN(S)C(C)C. The Bertz CT molecular complexity index is 113. The van der Waals surface area contributed by atoms with Crippen LogP contribution < -0.4 is 0 Å². The third kappa shape index (κ3) is 8.63. The van der Waals surface area contributed by atoms with Gasteiger partial charge < -0.3 is 0 Å². The summed E-state index contributed by atoms with van der Waals surface area (Å²) in [5, 5.41) is 0. The van der Waals surface area contributed by atoms with Gasteiger partial charge >= 0.3 is 0 Å². The molecule has 0 unspecified atom stereocenters. The molecule has 2 heteroatoms. The molecule has 0 fully saturated rings. The smallest absolute Gasteiger partial charge is 0.0143 e.